The molecule has 3 rings (SSSR count). The number of carbonyl (C=O) groups is 1. The number of hydrogen-bond donors (Lipinski definition) is 0. The third kappa shape index (κ3) is 2.83. The van der Waals surface area contributed by atoms with Gasteiger partial charge in [-0.15, -0.1) is 0 Å². The van der Waals surface area contributed by atoms with Crippen molar-refractivity contribution < 1.29 is 13.2 Å². The minimum atomic E-state index is -3.55. The Balaban J connectivity index is 1.79. The molecule has 108 valence electrons. The minimum Gasteiger partial charge on any atom is -0.312 e. The van der Waals surface area contributed by atoms with Crippen LogP contribution in [-0.2, 0) is 26.7 Å². The molecule has 20 heavy (non-hydrogen) atoms. The van der Waals surface area contributed by atoms with E-state index in [9.17, 15) is 13.2 Å². The summed E-state index contributed by atoms with van der Waals surface area (Å²) in [5.41, 5.74) is 3.55. The van der Waals surface area contributed by atoms with Gasteiger partial charge in [-0.3, -0.25) is 4.79 Å². The molecule has 0 bridgehead atoms. The first-order valence-electron chi connectivity index (χ1n) is 6.77. The standard InChI is InChI=1S/C14H16ClNO3S/c15-20(18,19)9-10-6-14(17)16(8-10)13-5-4-11-2-1-3-12(11)7-13/h4-5,7,10H,1-3,6,8-9H2. The smallest absolute Gasteiger partial charge is 0.232 e. The van der Waals surface area contributed by atoms with E-state index in [2.05, 4.69) is 12.1 Å². The van der Waals surface area contributed by atoms with E-state index in [0.717, 1.165) is 18.5 Å². The van der Waals surface area contributed by atoms with Gasteiger partial charge in [-0.05, 0) is 42.5 Å². The van der Waals surface area contributed by atoms with Crippen LogP contribution in [0.25, 0.3) is 0 Å². The number of fused-ring (bicyclic) bond motifs is 1. The fourth-order valence-electron chi connectivity index (χ4n) is 3.15. The van der Waals surface area contributed by atoms with Crippen LogP contribution in [0.3, 0.4) is 0 Å². The molecule has 1 aliphatic carbocycles. The Bertz CT molecular complexity index is 656. The number of nitrogens with zero attached hydrogens (tertiary/aromatic N) is 1. The SMILES string of the molecule is O=C1CC(CS(=O)(=O)Cl)CN1c1ccc2c(c1)CCC2. The molecule has 1 atom stereocenters. The number of rotatable bonds is 3. The first kappa shape index (κ1) is 13.9. The average molecular weight is 314 g/mol. The molecular weight excluding hydrogens is 298 g/mol. The maximum absolute atomic E-state index is 12.1. The third-order valence-corrected chi connectivity index (χ3v) is 5.28. The van der Waals surface area contributed by atoms with Gasteiger partial charge >= 0.3 is 0 Å². The van der Waals surface area contributed by atoms with E-state index in [1.165, 1.54) is 17.5 Å². The summed E-state index contributed by atoms with van der Waals surface area (Å²) in [6, 6.07) is 6.11. The van der Waals surface area contributed by atoms with Crippen LogP contribution in [0.15, 0.2) is 18.2 Å². The molecule has 1 saturated heterocycles. The number of benzene rings is 1. The predicted octanol–water partition coefficient (Wildman–Crippen LogP) is 2.10. The van der Waals surface area contributed by atoms with Crippen LogP contribution in [0.1, 0.15) is 24.0 Å². The molecule has 0 aromatic heterocycles. The Hall–Kier alpha value is -1.07. The lowest BCUT2D eigenvalue weighted by atomic mass is 10.1. The van der Waals surface area contributed by atoms with Gasteiger partial charge in [-0.25, -0.2) is 8.42 Å². The molecule has 4 nitrogen and oxygen atoms in total. The fourth-order valence-corrected chi connectivity index (χ4v) is 4.47. The first-order chi connectivity index (χ1) is 9.42. The zero-order chi connectivity index (χ0) is 14.3. The van der Waals surface area contributed by atoms with Gasteiger partial charge in [0.15, 0.2) is 0 Å². The summed E-state index contributed by atoms with van der Waals surface area (Å²) in [7, 11) is 1.72. The highest BCUT2D eigenvalue weighted by atomic mass is 35.7. The van der Waals surface area contributed by atoms with Crippen molar-refractivity contribution in [2.45, 2.75) is 25.7 Å². The summed E-state index contributed by atoms with van der Waals surface area (Å²) >= 11 is 0. The van der Waals surface area contributed by atoms with E-state index >= 15 is 0 Å². The summed E-state index contributed by atoms with van der Waals surface area (Å²) in [5, 5.41) is 0. The second-order valence-electron chi connectivity index (χ2n) is 5.59. The summed E-state index contributed by atoms with van der Waals surface area (Å²) in [5.74, 6) is -0.367. The molecule has 1 amide bonds. The fraction of sp³-hybridized carbons (Fsp3) is 0.500. The van der Waals surface area contributed by atoms with Crippen molar-refractivity contribution in [3.8, 4) is 0 Å². The molecule has 1 heterocycles. The second-order valence-corrected chi connectivity index (χ2v) is 8.41. The molecule has 0 radical (unpaired) electrons. The highest BCUT2D eigenvalue weighted by Gasteiger charge is 2.33. The van der Waals surface area contributed by atoms with Crippen molar-refractivity contribution in [2.24, 2.45) is 5.92 Å². The van der Waals surface area contributed by atoms with Gasteiger partial charge in [0.25, 0.3) is 0 Å². The lowest BCUT2D eigenvalue weighted by Gasteiger charge is -2.17. The Morgan fingerprint density at radius 3 is 2.75 bits per heavy atom. The predicted molar refractivity (Wildman–Crippen MR) is 78.6 cm³/mol. The molecule has 1 fully saturated rings. The molecule has 1 aromatic rings. The van der Waals surface area contributed by atoms with E-state index in [4.69, 9.17) is 10.7 Å². The molecular formula is C14H16ClNO3S. The number of halogens is 1. The van der Waals surface area contributed by atoms with Crippen LogP contribution >= 0.6 is 10.7 Å². The molecule has 1 aromatic carbocycles. The maximum Gasteiger partial charge on any atom is 0.232 e. The molecule has 0 spiro atoms. The summed E-state index contributed by atoms with van der Waals surface area (Å²) in [6.45, 7) is 0.434. The largest absolute Gasteiger partial charge is 0.312 e. The van der Waals surface area contributed by atoms with Crippen LogP contribution in [-0.4, -0.2) is 26.6 Å². The van der Waals surface area contributed by atoms with E-state index in [1.807, 2.05) is 6.07 Å². The molecule has 6 heteroatoms. The average Bonchev–Trinajstić information content (AvgIpc) is 2.92. The number of carbonyl (C=O) groups excluding carboxylic acids is 1. The lowest BCUT2D eigenvalue weighted by Crippen LogP contribution is -2.25. The topological polar surface area (TPSA) is 54.5 Å². The Morgan fingerprint density at radius 2 is 2.00 bits per heavy atom. The van der Waals surface area contributed by atoms with E-state index in [-0.39, 0.29) is 24.0 Å². The van der Waals surface area contributed by atoms with Crippen LogP contribution in [0, 0.1) is 5.92 Å². The van der Waals surface area contributed by atoms with E-state index in [0.29, 0.717) is 6.54 Å². The third-order valence-electron chi connectivity index (χ3n) is 4.03. The monoisotopic (exact) mass is 313 g/mol. The number of anilines is 1. The number of aryl methyl sites for hydroxylation is 2. The van der Waals surface area contributed by atoms with Crippen LogP contribution < -0.4 is 4.90 Å². The highest BCUT2D eigenvalue weighted by Crippen LogP contribution is 2.31. The zero-order valence-electron chi connectivity index (χ0n) is 11.0. The zero-order valence-corrected chi connectivity index (χ0v) is 12.6. The molecule has 2 aliphatic rings. The van der Waals surface area contributed by atoms with Crippen LogP contribution in [0.2, 0.25) is 0 Å². The molecule has 1 aliphatic heterocycles. The van der Waals surface area contributed by atoms with Crippen LogP contribution in [0.5, 0.6) is 0 Å². The Labute approximate surface area is 123 Å². The molecule has 0 saturated carbocycles. The Kier molecular flexibility index (Phi) is 3.50. The van der Waals surface area contributed by atoms with Gasteiger partial charge in [0.05, 0.1) is 5.75 Å². The van der Waals surface area contributed by atoms with Crippen molar-refractivity contribution in [3.63, 3.8) is 0 Å². The second kappa shape index (κ2) is 5.04. The maximum atomic E-state index is 12.1. The van der Waals surface area contributed by atoms with E-state index in [1.54, 1.807) is 4.90 Å². The van der Waals surface area contributed by atoms with Crippen molar-refractivity contribution in [3.05, 3.63) is 29.3 Å². The number of amides is 1. The van der Waals surface area contributed by atoms with Gasteiger partial charge in [-0.1, -0.05) is 6.07 Å². The Morgan fingerprint density at radius 1 is 1.25 bits per heavy atom. The van der Waals surface area contributed by atoms with Crippen molar-refractivity contribution >= 4 is 31.3 Å². The van der Waals surface area contributed by atoms with Gasteiger partial charge < -0.3 is 4.90 Å². The molecule has 0 N–H and O–H groups in total. The van der Waals surface area contributed by atoms with Crippen LogP contribution in [0.4, 0.5) is 5.69 Å². The van der Waals surface area contributed by atoms with Crippen molar-refractivity contribution in [1.82, 2.24) is 0 Å². The normalized spacial score (nSPS) is 22.4. The first-order valence-corrected chi connectivity index (χ1v) is 9.25. The minimum absolute atomic E-state index is 0.0201. The summed E-state index contributed by atoms with van der Waals surface area (Å²) in [4.78, 5) is 13.7. The molecule has 1 unspecified atom stereocenters. The summed E-state index contributed by atoms with van der Waals surface area (Å²) < 4.78 is 22.3. The summed E-state index contributed by atoms with van der Waals surface area (Å²) in [6.07, 6.45) is 3.59. The van der Waals surface area contributed by atoms with Gasteiger partial charge in [0.1, 0.15) is 0 Å². The van der Waals surface area contributed by atoms with Gasteiger partial charge in [-0.2, -0.15) is 0 Å². The van der Waals surface area contributed by atoms with Gasteiger partial charge in [0.2, 0.25) is 15.0 Å². The number of hydrogen-bond acceptors (Lipinski definition) is 3. The van der Waals surface area contributed by atoms with Crippen molar-refractivity contribution in [2.75, 3.05) is 17.2 Å². The quantitative estimate of drug-likeness (QED) is 0.803. The lowest BCUT2D eigenvalue weighted by molar-refractivity contribution is -0.117. The van der Waals surface area contributed by atoms with Gasteiger partial charge in [0, 0.05) is 35.3 Å². The van der Waals surface area contributed by atoms with Crippen molar-refractivity contribution in [1.29, 1.82) is 0 Å². The highest BCUT2D eigenvalue weighted by molar-refractivity contribution is 8.13. The van der Waals surface area contributed by atoms with E-state index < -0.39 is 9.05 Å².